The second-order valence-electron chi connectivity index (χ2n) is 7.30. The summed E-state index contributed by atoms with van der Waals surface area (Å²) in [4.78, 5) is 25.0. The molecule has 0 aliphatic rings. The number of rotatable bonds is 8. The van der Waals surface area contributed by atoms with Crippen LogP contribution in [0.3, 0.4) is 0 Å². The number of amides is 1. The summed E-state index contributed by atoms with van der Waals surface area (Å²) >= 11 is 6.14. The van der Waals surface area contributed by atoms with E-state index in [-0.39, 0.29) is 22.9 Å². The molecule has 0 unspecified atom stereocenters. The van der Waals surface area contributed by atoms with E-state index in [4.69, 9.17) is 25.8 Å². The van der Waals surface area contributed by atoms with Gasteiger partial charge in [0.25, 0.3) is 5.91 Å². The topological polar surface area (TPSA) is 86.2 Å². The number of para-hydroxylation sites is 2. The largest absolute Gasteiger partial charge is 0.493 e. The van der Waals surface area contributed by atoms with E-state index < -0.39 is 11.9 Å². The highest BCUT2D eigenvalue weighted by molar-refractivity contribution is 6.33. The number of esters is 1. The average Bonchev–Trinajstić information content (AvgIpc) is 2.88. The molecule has 1 amide bonds. The van der Waals surface area contributed by atoms with Gasteiger partial charge in [-0.25, -0.2) is 10.2 Å². The molecule has 0 aromatic heterocycles. The second kappa shape index (κ2) is 11.2. The maximum atomic E-state index is 12.7. The predicted octanol–water partition coefficient (Wildman–Crippen LogP) is 5.25. The van der Waals surface area contributed by atoms with Gasteiger partial charge < -0.3 is 14.2 Å². The predicted molar refractivity (Wildman–Crippen MR) is 135 cm³/mol. The van der Waals surface area contributed by atoms with Crippen LogP contribution >= 0.6 is 11.6 Å². The van der Waals surface area contributed by atoms with Crippen molar-refractivity contribution in [3.05, 3.63) is 101 Å². The van der Waals surface area contributed by atoms with E-state index in [9.17, 15) is 9.59 Å². The number of ether oxygens (including phenoxy) is 3. The lowest BCUT2D eigenvalue weighted by molar-refractivity contribution is -0.123. The van der Waals surface area contributed by atoms with E-state index in [1.807, 2.05) is 30.3 Å². The van der Waals surface area contributed by atoms with E-state index in [1.165, 1.54) is 13.3 Å². The zero-order valence-corrected chi connectivity index (χ0v) is 19.5. The zero-order chi connectivity index (χ0) is 24.6. The van der Waals surface area contributed by atoms with Crippen LogP contribution in [0, 0.1) is 0 Å². The van der Waals surface area contributed by atoms with Crippen molar-refractivity contribution in [1.29, 1.82) is 0 Å². The van der Waals surface area contributed by atoms with Crippen molar-refractivity contribution in [3.63, 3.8) is 0 Å². The number of carbonyl (C=O) groups is 2. The summed E-state index contributed by atoms with van der Waals surface area (Å²) in [6.45, 7) is -0.262. The fourth-order valence-electron chi connectivity index (χ4n) is 3.36. The number of hydrogen-bond acceptors (Lipinski definition) is 6. The highest BCUT2D eigenvalue weighted by atomic mass is 35.5. The molecule has 35 heavy (non-hydrogen) atoms. The van der Waals surface area contributed by atoms with E-state index in [0.717, 1.165) is 10.8 Å². The van der Waals surface area contributed by atoms with Gasteiger partial charge in [-0.2, -0.15) is 5.10 Å². The van der Waals surface area contributed by atoms with Crippen molar-refractivity contribution in [2.24, 2.45) is 5.10 Å². The lowest BCUT2D eigenvalue weighted by Crippen LogP contribution is -2.24. The van der Waals surface area contributed by atoms with Crippen molar-refractivity contribution in [2.45, 2.75) is 0 Å². The van der Waals surface area contributed by atoms with Gasteiger partial charge in [0.15, 0.2) is 18.1 Å². The molecule has 0 saturated carbocycles. The minimum Gasteiger partial charge on any atom is -0.493 e. The Hall–Kier alpha value is -4.36. The Balaban J connectivity index is 1.51. The number of hydrazone groups is 1. The Morgan fingerprint density at radius 1 is 0.886 bits per heavy atom. The van der Waals surface area contributed by atoms with Gasteiger partial charge in [0.2, 0.25) is 0 Å². The number of carbonyl (C=O) groups excluding carboxylic acids is 2. The summed E-state index contributed by atoms with van der Waals surface area (Å²) in [5, 5.41) is 6.05. The van der Waals surface area contributed by atoms with Crippen molar-refractivity contribution in [1.82, 2.24) is 5.43 Å². The highest BCUT2D eigenvalue weighted by Gasteiger charge is 2.16. The highest BCUT2D eigenvalue weighted by Crippen LogP contribution is 2.28. The SMILES string of the molecule is COc1ccccc1OCC(=O)N/N=C\c1c(OC(=O)c2ccccc2Cl)ccc2ccccc12. The third-order valence-corrected chi connectivity index (χ3v) is 5.37. The first kappa shape index (κ1) is 23.8. The first-order chi connectivity index (χ1) is 17.1. The number of nitrogens with zero attached hydrogens (tertiary/aromatic N) is 1. The van der Waals surface area contributed by atoms with Crippen LogP contribution in [-0.2, 0) is 4.79 Å². The smallest absolute Gasteiger partial charge is 0.345 e. The molecule has 7 nitrogen and oxygen atoms in total. The van der Waals surface area contributed by atoms with E-state index >= 15 is 0 Å². The number of halogens is 1. The monoisotopic (exact) mass is 488 g/mol. The van der Waals surface area contributed by atoms with Gasteiger partial charge in [-0.15, -0.1) is 0 Å². The number of hydrogen-bond donors (Lipinski definition) is 1. The van der Waals surface area contributed by atoms with Crippen molar-refractivity contribution in [3.8, 4) is 17.2 Å². The second-order valence-corrected chi connectivity index (χ2v) is 7.71. The Labute approximate surface area is 206 Å². The summed E-state index contributed by atoms with van der Waals surface area (Å²) in [5.41, 5.74) is 3.19. The molecular weight excluding hydrogens is 468 g/mol. The number of fused-ring (bicyclic) bond motifs is 1. The van der Waals surface area contributed by atoms with Gasteiger partial charge >= 0.3 is 5.97 Å². The fourth-order valence-corrected chi connectivity index (χ4v) is 3.57. The van der Waals surface area contributed by atoms with Gasteiger partial charge in [0, 0.05) is 5.56 Å². The van der Waals surface area contributed by atoms with E-state index in [2.05, 4.69) is 10.5 Å². The van der Waals surface area contributed by atoms with Crippen LogP contribution in [0.2, 0.25) is 5.02 Å². The maximum absolute atomic E-state index is 12.7. The first-order valence-corrected chi connectivity index (χ1v) is 11.0. The molecule has 0 spiro atoms. The maximum Gasteiger partial charge on any atom is 0.345 e. The third-order valence-electron chi connectivity index (χ3n) is 5.04. The Morgan fingerprint density at radius 3 is 2.40 bits per heavy atom. The van der Waals surface area contributed by atoms with Crippen LogP contribution < -0.4 is 19.6 Å². The van der Waals surface area contributed by atoms with Crippen LogP contribution in [0.25, 0.3) is 10.8 Å². The standard InChI is InChI=1S/C27H21ClN2O5/c1-33-24-12-6-7-13-25(24)34-17-26(31)30-29-16-21-19-9-3-2-8-18(19)14-15-23(21)35-27(32)20-10-4-5-11-22(20)28/h2-16H,17H2,1H3,(H,30,31)/b29-16-. The molecule has 0 saturated heterocycles. The molecular formula is C27H21ClN2O5. The average molecular weight is 489 g/mol. The molecule has 0 fully saturated rings. The molecule has 0 heterocycles. The van der Waals surface area contributed by atoms with Crippen LogP contribution in [0.4, 0.5) is 0 Å². The lowest BCUT2D eigenvalue weighted by Gasteiger charge is -2.11. The van der Waals surface area contributed by atoms with Crippen LogP contribution in [0.1, 0.15) is 15.9 Å². The van der Waals surface area contributed by atoms with Crippen molar-refractivity contribution >= 4 is 40.5 Å². The van der Waals surface area contributed by atoms with Crippen molar-refractivity contribution in [2.75, 3.05) is 13.7 Å². The molecule has 0 aliphatic heterocycles. The molecule has 0 aliphatic carbocycles. The van der Waals surface area contributed by atoms with Crippen molar-refractivity contribution < 1.29 is 23.8 Å². The van der Waals surface area contributed by atoms with Crippen LogP contribution in [0.15, 0.2) is 90.0 Å². The summed E-state index contributed by atoms with van der Waals surface area (Å²) in [6.07, 6.45) is 1.43. The number of benzene rings is 4. The zero-order valence-electron chi connectivity index (χ0n) is 18.7. The summed E-state index contributed by atoms with van der Waals surface area (Å²) in [7, 11) is 1.52. The summed E-state index contributed by atoms with van der Waals surface area (Å²) in [5.74, 6) is 0.162. The van der Waals surface area contributed by atoms with E-state index in [1.54, 1.807) is 54.6 Å². The van der Waals surface area contributed by atoms with Crippen LogP contribution in [0.5, 0.6) is 17.2 Å². The Morgan fingerprint density at radius 2 is 1.60 bits per heavy atom. The molecule has 8 heteroatoms. The molecule has 176 valence electrons. The molecule has 4 aromatic carbocycles. The van der Waals surface area contributed by atoms with Gasteiger partial charge in [0.05, 0.1) is 23.9 Å². The molecule has 0 bridgehead atoms. The third kappa shape index (κ3) is 5.77. The Kier molecular flexibility index (Phi) is 7.60. The quantitative estimate of drug-likeness (QED) is 0.158. The Bertz CT molecular complexity index is 1400. The number of methoxy groups -OCH3 is 1. The summed E-state index contributed by atoms with van der Waals surface area (Å²) in [6, 6.07) is 24.7. The van der Waals surface area contributed by atoms with Crippen LogP contribution in [-0.4, -0.2) is 31.8 Å². The molecule has 4 rings (SSSR count). The fraction of sp³-hybridized carbons (Fsp3) is 0.0741. The van der Waals surface area contributed by atoms with Gasteiger partial charge in [-0.3, -0.25) is 4.79 Å². The van der Waals surface area contributed by atoms with Gasteiger partial charge in [-0.05, 0) is 41.1 Å². The minimum absolute atomic E-state index is 0.243. The lowest BCUT2D eigenvalue weighted by atomic mass is 10.0. The minimum atomic E-state index is -0.602. The molecule has 0 radical (unpaired) electrons. The van der Waals surface area contributed by atoms with Gasteiger partial charge in [-0.1, -0.05) is 66.2 Å². The van der Waals surface area contributed by atoms with E-state index in [0.29, 0.717) is 17.1 Å². The summed E-state index contributed by atoms with van der Waals surface area (Å²) < 4.78 is 16.4. The molecule has 1 N–H and O–H groups in total. The van der Waals surface area contributed by atoms with Gasteiger partial charge in [0.1, 0.15) is 5.75 Å². The molecule has 4 aromatic rings. The normalized spacial score (nSPS) is 10.8. The molecule has 0 atom stereocenters. The first-order valence-electron chi connectivity index (χ1n) is 10.6. The number of nitrogens with one attached hydrogen (secondary N) is 1.